The van der Waals surface area contributed by atoms with Gasteiger partial charge in [0, 0.05) is 16.8 Å². The molecule has 0 amide bonds. The average Bonchev–Trinajstić information content (AvgIpc) is 3.17. The molecular formula is C17H16N2O3. The highest BCUT2D eigenvalue weighted by atomic mass is 16.5. The molecule has 0 saturated carbocycles. The second kappa shape index (κ2) is 5.89. The van der Waals surface area contributed by atoms with Crippen molar-refractivity contribution in [1.82, 2.24) is 9.97 Å². The molecule has 0 atom stereocenters. The van der Waals surface area contributed by atoms with Gasteiger partial charge < -0.3 is 14.1 Å². The number of carbonyl (C=O) groups excluding carboxylic acids is 1. The number of furan rings is 1. The maximum absolute atomic E-state index is 11.9. The third kappa shape index (κ3) is 2.53. The third-order valence-corrected chi connectivity index (χ3v) is 3.32. The van der Waals surface area contributed by atoms with E-state index in [-0.39, 0.29) is 0 Å². The molecule has 1 aromatic carbocycles. The van der Waals surface area contributed by atoms with E-state index in [4.69, 9.17) is 9.15 Å². The molecule has 3 rings (SSSR count). The third-order valence-electron chi connectivity index (χ3n) is 3.32. The first kappa shape index (κ1) is 14.1. The lowest BCUT2D eigenvalue weighted by molar-refractivity contribution is 0.0519. The van der Waals surface area contributed by atoms with Crippen molar-refractivity contribution >= 4 is 5.97 Å². The van der Waals surface area contributed by atoms with Crippen LogP contribution in [0, 0.1) is 6.92 Å². The van der Waals surface area contributed by atoms with Crippen LogP contribution in [0.1, 0.15) is 23.1 Å². The number of benzene rings is 1. The van der Waals surface area contributed by atoms with Crippen LogP contribution >= 0.6 is 0 Å². The number of rotatable bonds is 4. The molecule has 0 aliphatic carbocycles. The zero-order valence-electron chi connectivity index (χ0n) is 12.4. The molecule has 2 heterocycles. The monoisotopic (exact) mass is 296 g/mol. The Morgan fingerprint density at radius 1 is 1.23 bits per heavy atom. The van der Waals surface area contributed by atoms with Crippen molar-refractivity contribution in [3.8, 4) is 22.7 Å². The van der Waals surface area contributed by atoms with Crippen LogP contribution < -0.4 is 0 Å². The van der Waals surface area contributed by atoms with Gasteiger partial charge in [0.15, 0.2) is 5.69 Å². The molecule has 0 fully saturated rings. The van der Waals surface area contributed by atoms with Crippen LogP contribution in [0.15, 0.2) is 47.1 Å². The summed E-state index contributed by atoms with van der Waals surface area (Å²) in [4.78, 5) is 19.4. The summed E-state index contributed by atoms with van der Waals surface area (Å²) in [5.74, 6) is 0.952. The van der Waals surface area contributed by atoms with Crippen LogP contribution in [0.4, 0.5) is 0 Å². The molecule has 0 spiro atoms. The number of imidazole rings is 1. The van der Waals surface area contributed by atoms with Crippen LogP contribution in [0.2, 0.25) is 0 Å². The summed E-state index contributed by atoms with van der Waals surface area (Å²) >= 11 is 0. The maximum Gasteiger partial charge on any atom is 0.358 e. The molecule has 0 radical (unpaired) electrons. The largest absolute Gasteiger partial charge is 0.464 e. The van der Waals surface area contributed by atoms with Gasteiger partial charge in [-0.1, -0.05) is 24.3 Å². The highest BCUT2D eigenvalue weighted by Crippen LogP contribution is 2.31. The van der Waals surface area contributed by atoms with Crippen molar-refractivity contribution in [3.63, 3.8) is 0 Å². The van der Waals surface area contributed by atoms with Crippen molar-refractivity contribution in [2.75, 3.05) is 6.61 Å². The summed E-state index contributed by atoms with van der Waals surface area (Å²) in [5.41, 5.74) is 2.78. The number of ether oxygens (including phenoxy) is 1. The first-order valence-corrected chi connectivity index (χ1v) is 7.07. The first-order chi connectivity index (χ1) is 10.7. The van der Waals surface area contributed by atoms with Gasteiger partial charge in [0.05, 0.1) is 12.9 Å². The fraction of sp³-hybridized carbons (Fsp3) is 0.176. The number of aromatic amines is 1. The highest BCUT2D eigenvalue weighted by molar-refractivity contribution is 5.90. The minimum Gasteiger partial charge on any atom is -0.464 e. The van der Waals surface area contributed by atoms with Gasteiger partial charge in [0.25, 0.3) is 0 Å². The number of aromatic nitrogens is 2. The highest BCUT2D eigenvalue weighted by Gasteiger charge is 2.18. The molecule has 112 valence electrons. The molecule has 2 aromatic heterocycles. The van der Waals surface area contributed by atoms with Crippen LogP contribution in [-0.2, 0) is 4.74 Å². The van der Waals surface area contributed by atoms with Gasteiger partial charge in [0.1, 0.15) is 11.6 Å². The van der Waals surface area contributed by atoms with Gasteiger partial charge in [-0.2, -0.15) is 0 Å². The van der Waals surface area contributed by atoms with Crippen molar-refractivity contribution in [2.24, 2.45) is 0 Å². The second-order valence-electron chi connectivity index (χ2n) is 4.80. The fourth-order valence-corrected chi connectivity index (χ4v) is 2.32. The Balaban J connectivity index is 2.06. The lowest BCUT2D eigenvalue weighted by atomic mass is 10.1. The number of hydrogen-bond acceptors (Lipinski definition) is 4. The summed E-state index contributed by atoms with van der Waals surface area (Å²) in [6.45, 7) is 3.90. The predicted molar refractivity (Wildman–Crippen MR) is 82.4 cm³/mol. The molecule has 0 saturated heterocycles. The van der Waals surface area contributed by atoms with E-state index >= 15 is 0 Å². The van der Waals surface area contributed by atoms with E-state index in [0.29, 0.717) is 23.8 Å². The molecule has 1 N–H and O–H groups in total. The van der Waals surface area contributed by atoms with E-state index in [1.54, 1.807) is 20.1 Å². The quantitative estimate of drug-likeness (QED) is 0.743. The van der Waals surface area contributed by atoms with E-state index in [1.807, 2.05) is 36.4 Å². The van der Waals surface area contributed by atoms with Crippen LogP contribution in [0.5, 0.6) is 0 Å². The smallest absolute Gasteiger partial charge is 0.358 e. The van der Waals surface area contributed by atoms with Crippen molar-refractivity contribution in [2.45, 2.75) is 13.8 Å². The van der Waals surface area contributed by atoms with Crippen molar-refractivity contribution < 1.29 is 13.9 Å². The second-order valence-corrected chi connectivity index (χ2v) is 4.80. The Hall–Kier alpha value is -2.82. The molecule has 5 heteroatoms. The van der Waals surface area contributed by atoms with E-state index in [1.165, 1.54) is 0 Å². The standard InChI is InChI=1S/C17H16N2O3/c1-3-21-17(20)15-11(2)18-16(19-15)13-8-5-4-7-12(13)14-9-6-10-22-14/h4-10H,3H2,1-2H3,(H,18,19). The molecule has 0 unspecified atom stereocenters. The lowest BCUT2D eigenvalue weighted by Gasteiger charge is -2.04. The minimum atomic E-state index is -0.419. The Morgan fingerprint density at radius 3 is 2.68 bits per heavy atom. The molecule has 0 aliphatic heterocycles. The number of aryl methyl sites for hydroxylation is 1. The molecular weight excluding hydrogens is 280 g/mol. The molecule has 5 nitrogen and oxygen atoms in total. The number of hydrogen-bond donors (Lipinski definition) is 1. The zero-order valence-corrected chi connectivity index (χ0v) is 12.4. The summed E-state index contributed by atoms with van der Waals surface area (Å²) in [7, 11) is 0. The zero-order chi connectivity index (χ0) is 15.5. The summed E-state index contributed by atoms with van der Waals surface area (Å²) < 4.78 is 10.5. The van der Waals surface area contributed by atoms with Crippen LogP contribution in [-0.4, -0.2) is 22.5 Å². The van der Waals surface area contributed by atoms with Gasteiger partial charge in [-0.25, -0.2) is 9.78 Å². The SMILES string of the molecule is CCOC(=O)c1nc(-c2ccccc2-c2ccco2)[nH]c1C. The Bertz CT molecular complexity index is 788. The minimum absolute atomic E-state index is 0.311. The van der Waals surface area contributed by atoms with Gasteiger partial charge >= 0.3 is 5.97 Å². The molecule has 0 aliphatic rings. The van der Waals surface area contributed by atoms with Crippen LogP contribution in [0.3, 0.4) is 0 Å². The van der Waals surface area contributed by atoms with Gasteiger partial charge in [-0.05, 0) is 26.0 Å². The molecule has 3 aromatic rings. The average molecular weight is 296 g/mol. The van der Waals surface area contributed by atoms with E-state index in [9.17, 15) is 4.79 Å². The Labute approximate surface area is 128 Å². The number of nitrogens with zero attached hydrogens (tertiary/aromatic N) is 1. The van der Waals surface area contributed by atoms with Gasteiger partial charge in [-0.3, -0.25) is 0 Å². The Kier molecular flexibility index (Phi) is 3.78. The number of nitrogens with one attached hydrogen (secondary N) is 1. The predicted octanol–water partition coefficient (Wildman–Crippen LogP) is 3.82. The normalized spacial score (nSPS) is 10.6. The van der Waals surface area contributed by atoms with E-state index < -0.39 is 5.97 Å². The molecule has 0 bridgehead atoms. The van der Waals surface area contributed by atoms with E-state index in [2.05, 4.69) is 9.97 Å². The number of carbonyl (C=O) groups is 1. The molecule has 22 heavy (non-hydrogen) atoms. The number of esters is 1. The van der Waals surface area contributed by atoms with Crippen LogP contribution in [0.25, 0.3) is 22.7 Å². The van der Waals surface area contributed by atoms with Gasteiger partial charge in [0.2, 0.25) is 0 Å². The fourth-order valence-electron chi connectivity index (χ4n) is 2.32. The summed E-state index contributed by atoms with van der Waals surface area (Å²) in [6.07, 6.45) is 1.63. The summed E-state index contributed by atoms with van der Waals surface area (Å²) in [6, 6.07) is 11.5. The Morgan fingerprint density at radius 2 is 2.00 bits per heavy atom. The maximum atomic E-state index is 11.9. The van der Waals surface area contributed by atoms with Crippen molar-refractivity contribution in [3.05, 3.63) is 54.0 Å². The topological polar surface area (TPSA) is 68.1 Å². The van der Waals surface area contributed by atoms with E-state index in [0.717, 1.165) is 16.9 Å². The lowest BCUT2D eigenvalue weighted by Crippen LogP contribution is -2.06. The number of H-pyrrole nitrogens is 1. The first-order valence-electron chi connectivity index (χ1n) is 7.07. The summed E-state index contributed by atoms with van der Waals surface area (Å²) in [5, 5.41) is 0. The van der Waals surface area contributed by atoms with Gasteiger partial charge in [-0.15, -0.1) is 0 Å². The van der Waals surface area contributed by atoms with Crippen molar-refractivity contribution in [1.29, 1.82) is 0 Å².